The minimum Gasteiger partial charge on any atom is -0.369 e. The Labute approximate surface area is 356 Å². The fourth-order valence-corrected chi connectivity index (χ4v) is 7.76. The number of aliphatic imine (C=N–C) groups is 2. The van der Waals surface area contributed by atoms with Crippen LogP contribution >= 0.6 is 0 Å². The summed E-state index contributed by atoms with van der Waals surface area (Å²) in [4.78, 5) is 58.4. The van der Waals surface area contributed by atoms with E-state index < -0.39 is 42.3 Å². The maximum Gasteiger partial charge on any atom is 0.268 e. The lowest BCUT2D eigenvalue weighted by molar-refractivity contribution is -0.131. The molecular formula is C48H38F2N10O2. The lowest BCUT2D eigenvalue weighted by atomic mass is 9.82. The lowest BCUT2D eigenvalue weighted by Gasteiger charge is -2.28. The molecule has 3 unspecified atom stereocenters. The zero-order valence-electron chi connectivity index (χ0n) is 33.8. The van der Waals surface area contributed by atoms with Crippen molar-refractivity contribution < 1.29 is 18.4 Å². The highest BCUT2D eigenvalue weighted by molar-refractivity contribution is 6.10. The monoisotopic (exact) mass is 824 g/mol. The molecule has 2 aliphatic rings. The number of carbonyl (C=O) groups excluding carboxylic acids is 2. The van der Waals surface area contributed by atoms with Crippen LogP contribution in [0.1, 0.15) is 64.8 Å². The van der Waals surface area contributed by atoms with E-state index in [4.69, 9.17) is 21.5 Å². The lowest BCUT2D eigenvalue weighted by Crippen LogP contribution is -2.45. The summed E-state index contributed by atoms with van der Waals surface area (Å²) >= 11 is 0. The van der Waals surface area contributed by atoms with Gasteiger partial charge in [-0.3, -0.25) is 39.3 Å². The van der Waals surface area contributed by atoms with Crippen LogP contribution in [0.15, 0.2) is 132 Å². The summed E-state index contributed by atoms with van der Waals surface area (Å²) in [6.45, 7) is 1.98. The number of nitrogens with two attached hydrogens (primary N) is 2. The van der Waals surface area contributed by atoms with Crippen LogP contribution in [0.3, 0.4) is 0 Å². The van der Waals surface area contributed by atoms with E-state index in [-0.39, 0.29) is 34.4 Å². The molecule has 62 heavy (non-hydrogen) atoms. The van der Waals surface area contributed by atoms with Crippen molar-refractivity contribution in [3.05, 3.63) is 167 Å². The number of amides is 2. The van der Waals surface area contributed by atoms with Crippen LogP contribution in [0.2, 0.25) is 0 Å². The van der Waals surface area contributed by atoms with Crippen molar-refractivity contribution in [1.29, 1.82) is 0 Å². The molecule has 0 radical (unpaired) electrons. The third kappa shape index (κ3) is 7.07. The molecule has 2 aromatic carbocycles. The predicted molar refractivity (Wildman–Crippen MR) is 231 cm³/mol. The largest absolute Gasteiger partial charge is 0.369 e. The third-order valence-corrected chi connectivity index (χ3v) is 10.8. The van der Waals surface area contributed by atoms with Gasteiger partial charge in [0.2, 0.25) is 5.54 Å². The van der Waals surface area contributed by atoms with Gasteiger partial charge in [0.15, 0.2) is 17.5 Å². The van der Waals surface area contributed by atoms with Crippen LogP contribution in [-0.4, -0.2) is 67.1 Å². The molecule has 6 heterocycles. The van der Waals surface area contributed by atoms with Gasteiger partial charge in [-0.25, -0.2) is 18.8 Å². The van der Waals surface area contributed by atoms with Gasteiger partial charge in [0.25, 0.3) is 11.8 Å². The Morgan fingerprint density at radius 2 is 1.24 bits per heavy atom. The van der Waals surface area contributed by atoms with Gasteiger partial charge in [0, 0.05) is 77.6 Å². The second kappa shape index (κ2) is 16.5. The highest BCUT2D eigenvalue weighted by Gasteiger charge is 2.53. The number of alkyl halides is 2. The number of nitrogens with zero attached hydrogens (tertiary/aromatic N) is 8. The Bertz CT molecular complexity index is 2970. The Morgan fingerprint density at radius 1 is 0.661 bits per heavy atom. The number of aromatic nitrogens is 4. The van der Waals surface area contributed by atoms with Gasteiger partial charge in [-0.15, -0.1) is 11.8 Å². The Hall–Kier alpha value is -8.10. The highest BCUT2D eigenvalue weighted by Crippen LogP contribution is 2.43. The van der Waals surface area contributed by atoms with Crippen molar-refractivity contribution >= 4 is 23.7 Å². The molecule has 8 rings (SSSR count). The first kappa shape index (κ1) is 40.7. The Morgan fingerprint density at radius 3 is 1.82 bits per heavy atom. The fraction of sp³-hybridized carbons (Fsp3) is 0.167. The Kier molecular flexibility index (Phi) is 10.8. The molecule has 14 heteroatoms. The zero-order valence-corrected chi connectivity index (χ0v) is 33.8. The highest BCUT2D eigenvalue weighted by atomic mass is 19.1. The van der Waals surface area contributed by atoms with E-state index >= 15 is 4.39 Å². The summed E-state index contributed by atoms with van der Waals surface area (Å²) in [6.07, 6.45) is 7.52. The van der Waals surface area contributed by atoms with Gasteiger partial charge in [0.05, 0.1) is 17.9 Å². The number of carbonyl (C=O) groups is 2. The van der Waals surface area contributed by atoms with E-state index in [1.807, 2.05) is 24.3 Å². The van der Waals surface area contributed by atoms with Crippen molar-refractivity contribution in [2.75, 3.05) is 13.6 Å². The Balaban J connectivity index is 1.16. The van der Waals surface area contributed by atoms with Crippen molar-refractivity contribution in [2.24, 2.45) is 21.5 Å². The van der Waals surface area contributed by atoms with Gasteiger partial charge in [-0.1, -0.05) is 54.3 Å². The van der Waals surface area contributed by atoms with Crippen molar-refractivity contribution in [2.45, 2.75) is 37.8 Å². The number of hydrogen-bond acceptors (Lipinski definition) is 10. The van der Waals surface area contributed by atoms with Gasteiger partial charge in [-0.2, -0.15) is 0 Å². The van der Waals surface area contributed by atoms with Crippen LogP contribution in [0.5, 0.6) is 0 Å². The standard InChI is InChI=1S/C48H38F2N10O2/c1-4-9-30-17-34(25-53-23-30)32-11-6-13-37(19-32)47(43(61)59(3)45(51)57-47)39-21-36(27-55-28-39)41(50)29-60-44(62)48(58-46(60)52,42-16-8-15-40(22-49)56-42)38-14-7-12-33(20-38)35-18-31(10-5-2)24-54-26-35/h6-8,11-21,23-28,41H,22,29H2,1-3H3,(H2,51,57)(H2,52,58). The first-order valence-electron chi connectivity index (χ1n) is 19.4. The average Bonchev–Trinajstić information content (AvgIpc) is 3.70. The molecule has 0 fully saturated rings. The number of guanidine groups is 2. The number of rotatable bonds is 10. The second-order valence-electron chi connectivity index (χ2n) is 14.6. The minimum atomic E-state index is -1.90. The molecule has 4 aromatic heterocycles. The first-order valence-corrected chi connectivity index (χ1v) is 19.4. The van der Waals surface area contributed by atoms with Gasteiger partial charge >= 0.3 is 0 Å². The summed E-state index contributed by atoms with van der Waals surface area (Å²) in [7, 11) is 1.51. The number of likely N-dealkylation sites (N-methyl/N-ethyl adjacent to an activating group) is 1. The van der Waals surface area contributed by atoms with E-state index in [2.05, 4.69) is 43.6 Å². The van der Waals surface area contributed by atoms with Crippen molar-refractivity contribution in [3.8, 4) is 45.9 Å². The summed E-state index contributed by atoms with van der Waals surface area (Å²) < 4.78 is 31.0. The van der Waals surface area contributed by atoms with Gasteiger partial charge < -0.3 is 11.5 Å². The zero-order chi connectivity index (χ0) is 43.6. The van der Waals surface area contributed by atoms with Gasteiger partial charge in [-0.05, 0) is 78.6 Å². The molecule has 0 aliphatic carbocycles. The summed E-state index contributed by atoms with van der Waals surface area (Å²) in [5.74, 6) is 10.3. The quantitative estimate of drug-likeness (QED) is 0.160. The first-order chi connectivity index (χ1) is 30.0. The van der Waals surface area contributed by atoms with E-state index in [0.29, 0.717) is 27.8 Å². The summed E-state index contributed by atoms with van der Waals surface area (Å²) in [5, 5.41) is 0. The molecule has 4 N–H and O–H groups in total. The maximum atomic E-state index is 16.9. The number of hydrogen-bond donors (Lipinski definition) is 2. The van der Waals surface area contributed by atoms with Crippen LogP contribution in [0.25, 0.3) is 22.3 Å². The topological polar surface area (TPSA) is 169 Å². The molecular weight excluding hydrogens is 787 g/mol. The van der Waals surface area contributed by atoms with Crippen molar-refractivity contribution in [3.63, 3.8) is 0 Å². The third-order valence-electron chi connectivity index (χ3n) is 10.8. The number of benzene rings is 2. The molecule has 0 saturated heterocycles. The molecule has 0 spiro atoms. The average molecular weight is 825 g/mol. The molecule has 0 saturated carbocycles. The van der Waals surface area contributed by atoms with Crippen molar-refractivity contribution in [1.82, 2.24) is 29.7 Å². The summed E-state index contributed by atoms with van der Waals surface area (Å²) in [5.41, 5.74) is 14.8. The smallest absolute Gasteiger partial charge is 0.268 e. The minimum absolute atomic E-state index is 0.0319. The second-order valence-corrected chi connectivity index (χ2v) is 14.6. The summed E-state index contributed by atoms with van der Waals surface area (Å²) in [6, 6.07) is 24.1. The number of halogens is 2. The molecule has 3 atom stereocenters. The molecule has 12 nitrogen and oxygen atoms in total. The van der Waals surface area contributed by atoms with E-state index in [9.17, 15) is 14.0 Å². The van der Waals surface area contributed by atoms with Crippen LogP contribution in [0.4, 0.5) is 8.78 Å². The van der Waals surface area contributed by atoms with E-state index in [0.717, 1.165) is 21.6 Å². The predicted octanol–water partition coefficient (Wildman–Crippen LogP) is 5.95. The molecule has 0 bridgehead atoms. The van der Waals surface area contributed by atoms with Gasteiger partial charge in [0.1, 0.15) is 12.8 Å². The molecule has 6 aromatic rings. The maximum absolute atomic E-state index is 16.9. The molecule has 2 amide bonds. The van der Waals surface area contributed by atoms with Crippen LogP contribution < -0.4 is 11.5 Å². The fourth-order valence-electron chi connectivity index (χ4n) is 7.76. The van der Waals surface area contributed by atoms with E-state index in [1.54, 1.807) is 87.2 Å². The molecule has 306 valence electrons. The SMILES string of the molecule is CC#Cc1cncc(-c2cccc(C3(c4cncc(C(F)CN5C(=O)C(c6cccc(-c7cncc(C#CC)c7)c6)(c6cccc(CF)n6)N=C5N)c4)N=C(N)N(C)C3=O)c2)c1. The van der Waals surface area contributed by atoms with Crippen LogP contribution in [-0.2, 0) is 27.3 Å². The number of pyridine rings is 4. The molecule has 2 aliphatic heterocycles. The van der Waals surface area contributed by atoms with E-state index in [1.165, 1.54) is 36.5 Å². The normalized spacial score (nSPS) is 18.7. The van der Waals surface area contributed by atoms with Crippen LogP contribution in [0, 0.1) is 23.7 Å².